The fraction of sp³-hybridized carbons (Fsp3) is 1.00. The van der Waals surface area contributed by atoms with E-state index >= 15 is 0 Å². The van der Waals surface area contributed by atoms with Crippen LogP contribution in [-0.4, -0.2) is 12.1 Å². The van der Waals surface area contributed by atoms with Gasteiger partial charge in [0.1, 0.15) is 0 Å². The average Bonchev–Trinajstić information content (AvgIpc) is 1.93. The second kappa shape index (κ2) is 4.10. The molecule has 11 heavy (non-hydrogen) atoms. The van der Waals surface area contributed by atoms with Gasteiger partial charge in [0.25, 0.3) is 0 Å². The predicted octanol–water partition coefficient (Wildman–Crippen LogP) is 2.56. The molecule has 1 saturated carbocycles. The van der Waals surface area contributed by atoms with Crippen molar-refractivity contribution in [2.24, 2.45) is 5.92 Å². The van der Waals surface area contributed by atoms with Crippen LogP contribution in [0.4, 0.5) is 0 Å². The van der Waals surface area contributed by atoms with Crippen LogP contribution in [0.15, 0.2) is 0 Å². The van der Waals surface area contributed by atoms with E-state index < -0.39 is 0 Å². The summed E-state index contributed by atoms with van der Waals surface area (Å²) in [6.07, 6.45) is 5.68. The van der Waals surface area contributed by atoms with Gasteiger partial charge in [0.05, 0.1) is 0 Å². The third-order valence-corrected chi connectivity index (χ3v) is 2.66. The molecule has 0 unspecified atom stereocenters. The van der Waals surface area contributed by atoms with Crippen molar-refractivity contribution in [1.82, 2.24) is 5.32 Å². The molecule has 0 aromatic carbocycles. The van der Waals surface area contributed by atoms with Gasteiger partial charge in [-0.05, 0) is 18.8 Å². The molecule has 2 atom stereocenters. The van der Waals surface area contributed by atoms with Gasteiger partial charge in [0.2, 0.25) is 0 Å². The van der Waals surface area contributed by atoms with E-state index in [1.54, 1.807) is 0 Å². The summed E-state index contributed by atoms with van der Waals surface area (Å²) in [5, 5.41) is 3.63. The van der Waals surface area contributed by atoms with Crippen LogP contribution in [0, 0.1) is 5.92 Å². The van der Waals surface area contributed by atoms with Gasteiger partial charge in [-0.1, -0.05) is 33.6 Å². The Morgan fingerprint density at radius 3 is 2.36 bits per heavy atom. The zero-order chi connectivity index (χ0) is 8.27. The van der Waals surface area contributed by atoms with Crippen molar-refractivity contribution in [3.05, 3.63) is 0 Å². The molecule has 1 nitrogen and oxygen atoms in total. The van der Waals surface area contributed by atoms with Crippen LogP contribution in [0.2, 0.25) is 0 Å². The first-order valence-corrected chi connectivity index (χ1v) is 4.96. The predicted molar refractivity (Wildman–Crippen MR) is 49.7 cm³/mol. The molecule has 1 N–H and O–H groups in total. The number of hydrogen-bond donors (Lipinski definition) is 1. The SMILES string of the molecule is CC(C)N[C@H]1CCCC[C@H]1C. The van der Waals surface area contributed by atoms with E-state index in [-0.39, 0.29) is 0 Å². The monoisotopic (exact) mass is 155 g/mol. The summed E-state index contributed by atoms with van der Waals surface area (Å²) >= 11 is 0. The first kappa shape index (κ1) is 9.05. The van der Waals surface area contributed by atoms with Crippen molar-refractivity contribution in [2.75, 3.05) is 0 Å². The summed E-state index contributed by atoms with van der Waals surface area (Å²) in [7, 11) is 0. The average molecular weight is 155 g/mol. The van der Waals surface area contributed by atoms with Gasteiger partial charge in [-0.3, -0.25) is 0 Å². The van der Waals surface area contributed by atoms with E-state index in [4.69, 9.17) is 0 Å². The second-order valence-corrected chi connectivity index (χ2v) is 4.19. The molecule has 0 aromatic rings. The highest BCUT2D eigenvalue weighted by Crippen LogP contribution is 2.23. The third-order valence-electron chi connectivity index (χ3n) is 2.66. The molecular formula is C10H21N. The molecule has 0 amide bonds. The summed E-state index contributed by atoms with van der Waals surface area (Å²) in [6, 6.07) is 1.45. The van der Waals surface area contributed by atoms with E-state index in [2.05, 4.69) is 26.1 Å². The Hall–Kier alpha value is -0.0400. The first-order chi connectivity index (χ1) is 5.20. The van der Waals surface area contributed by atoms with Crippen LogP contribution in [-0.2, 0) is 0 Å². The van der Waals surface area contributed by atoms with Crippen molar-refractivity contribution >= 4 is 0 Å². The molecule has 0 radical (unpaired) electrons. The number of rotatable bonds is 2. The molecule has 1 rings (SSSR count). The van der Waals surface area contributed by atoms with Crippen LogP contribution < -0.4 is 5.32 Å². The van der Waals surface area contributed by atoms with Gasteiger partial charge in [-0.25, -0.2) is 0 Å². The van der Waals surface area contributed by atoms with Crippen molar-refractivity contribution in [1.29, 1.82) is 0 Å². The highest BCUT2D eigenvalue weighted by atomic mass is 14.9. The highest BCUT2D eigenvalue weighted by molar-refractivity contribution is 4.78. The molecule has 0 heterocycles. The minimum atomic E-state index is 0.653. The summed E-state index contributed by atoms with van der Waals surface area (Å²) in [4.78, 5) is 0. The van der Waals surface area contributed by atoms with E-state index in [0.29, 0.717) is 6.04 Å². The van der Waals surface area contributed by atoms with Gasteiger partial charge in [-0.15, -0.1) is 0 Å². The maximum absolute atomic E-state index is 3.63. The summed E-state index contributed by atoms with van der Waals surface area (Å²) in [5.74, 6) is 0.895. The van der Waals surface area contributed by atoms with Crippen molar-refractivity contribution in [2.45, 2.75) is 58.5 Å². The lowest BCUT2D eigenvalue weighted by Crippen LogP contribution is -2.41. The van der Waals surface area contributed by atoms with E-state index in [1.807, 2.05) is 0 Å². The molecule has 0 aromatic heterocycles. The molecule has 1 aliphatic carbocycles. The number of nitrogens with one attached hydrogen (secondary N) is 1. The Morgan fingerprint density at radius 2 is 1.82 bits per heavy atom. The highest BCUT2D eigenvalue weighted by Gasteiger charge is 2.20. The summed E-state index contributed by atoms with van der Waals surface area (Å²) < 4.78 is 0. The maximum atomic E-state index is 3.63. The lowest BCUT2D eigenvalue weighted by molar-refractivity contribution is 0.267. The van der Waals surface area contributed by atoms with Crippen molar-refractivity contribution in [3.63, 3.8) is 0 Å². The molecule has 66 valence electrons. The Morgan fingerprint density at radius 1 is 1.18 bits per heavy atom. The molecule has 1 aliphatic rings. The van der Waals surface area contributed by atoms with E-state index in [1.165, 1.54) is 25.7 Å². The van der Waals surface area contributed by atoms with Gasteiger partial charge in [0.15, 0.2) is 0 Å². The minimum Gasteiger partial charge on any atom is -0.312 e. The largest absolute Gasteiger partial charge is 0.312 e. The normalized spacial score (nSPS) is 32.7. The Bertz CT molecular complexity index is 109. The van der Waals surface area contributed by atoms with Gasteiger partial charge < -0.3 is 5.32 Å². The topological polar surface area (TPSA) is 12.0 Å². The maximum Gasteiger partial charge on any atom is 0.00950 e. The third kappa shape index (κ3) is 2.82. The second-order valence-electron chi connectivity index (χ2n) is 4.19. The molecule has 0 saturated heterocycles. The molecular weight excluding hydrogens is 134 g/mol. The Kier molecular flexibility index (Phi) is 3.38. The molecule has 0 aliphatic heterocycles. The van der Waals surface area contributed by atoms with Crippen LogP contribution >= 0.6 is 0 Å². The van der Waals surface area contributed by atoms with Crippen LogP contribution in [0.1, 0.15) is 46.5 Å². The lowest BCUT2D eigenvalue weighted by Gasteiger charge is -2.31. The molecule has 0 spiro atoms. The van der Waals surface area contributed by atoms with Gasteiger partial charge in [-0.2, -0.15) is 0 Å². The van der Waals surface area contributed by atoms with Gasteiger partial charge >= 0.3 is 0 Å². The number of hydrogen-bond acceptors (Lipinski definition) is 1. The lowest BCUT2D eigenvalue weighted by atomic mass is 9.85. The first-order valence-electron chi connectivity index (χ1n) is 4.96. The standard InChI is InChI=1S/C10H21N/c1-8(2)11-10-7-5-4-6-9(10)3/h8-11H,4-7H2,1-3H3/t9-,10+/m1/s1. The molecule has 0 bridgehead atoms. The van der Waals surface area contributed by atoms with Crippen molar-refractivity contribution in [3.8, 4) is 0 Å². The fourth-order valence-electron chi connectivity index (χ4n) is 1.99. The zero-order valence-electron chi connectivity index (χ0n) is 8.06. The Balaban J connectivity index is 2.29. The van der Waals surface area contributed by atoms with Crippen LogP contribution in [0.25, 0.3) is 0 Å². The van der Waals surface area contributed by atoms with Gasteiger partial charge in [0, 0.05) is 12.1 Å². The van der Waals surface area contributed by atoms with Crippen molar-refractivity contribution < 1.29 is 0 Å². The summed E-state index contributed by atoms with van der Waals surface area (Å²) in [6.45, 7) is 6.85. The fourth-order valence-corrected chi connectivity index (χ4v) is 1.99. The van der Waals surface area contributed by atoms with E-state index in [9.17, 15) is 0 Å². The smallest absolute Gasteiger partial charge is 0.00950 e. The van der Waals surface area contributed by atoms with E-state index in [0.717, 1.165) is 12.0 Å². The quantitative estimate of drug-likeness (QED) is 0.646. The minimum absolute atomic E-state index is 0.653. The van der Waals surface area contributed by atoms with Crippen LogP contribution in [0.3, 0.4) is 0 Å². The zero-order valence-corrected chi connectivity index (χ0v) is 8.06. The Labute approximate surface area is 70.6 Å². The summed E-state index contributed by atoms with van der Waals surface area (Å²) in [5.41, 5.74) is 0. The molecule has 1 fully saturated rings. The molecule has 1 heteroatoms. The van der Waals surface area contributed by atoms with Crippen LogP contribution in [0.5, 0.6) is 0 Å².